The van der Waals surface area contributed by atoms with E-state index in [1.54, 1.807) is 37.3 Å². The van der Waals surface area contributed by atoms with E-state index in [-0.39, 0.29) is 17.2 Å². The first-order valence-electron chi connectivity index (χ1n) is 9.35. The summed E-state index contributed by atoms with van der Waals surface area (Å²) in [6.07, 6.45) is 0. The van der Waals surface area contributed by atoms with Crippen molar-refractivity contribution in [3.63, 3.8) is 0 Å². The molecule has 2 aromatic carbocycles. The third kappa shape index (κ3) is 4.48. The van der Waals surface area contributed by atoms with Crippen LogP contribution >= 0.6 is 0 Å². The van der Waals surface area contributed by atoms with Gasteiger partial charge in [-0.1, -0.05) is 17.7 Å². The number of anilines is 1. The molecule has 0 aliphatic rings. The number of carbonyl (C=O) groups is 2. The predicted octanol–water partition coefficient (Wildman–Crippen LogP) is 3.93. The van der Waals surface area contributed by atoms with Crippen LogP contribution in [-0.4, -0.2) is 21.5 Å². The summed E-state index contributed by atoms with van der Waals surface area (Å²) in [5.41, 5.74) is 4.44. The first kappa shape index (κ1) is 20.2. The number of benzene rings is 2. The molecule has 6 heteroatoms. The Morgan fingerprint density at radius 3 is 2.34 bits per heavy atom. The Labute approximate surface area is 169 Å². The van der Waals surface area contributed by atoms with E-state index in [1.807, 2.05) is 32.0 Å². The molecule has 0 saturated heterocycles. The van der Waals surface area contributed by atoms with Crippen LogP contribution in [0.3, 0.4) is 0 Å². The number of aryl methyl sites for hydroxylation is 2. The molecule has 0 aliphatic heterocycles. The number of ketones is 1. The molecule has 6 nitrogen and oxygen atoms in total. The van der Waals surface area contributed by atoms with Crippen molar-refractivity contribution in [1.29, 1.82) is 0 Å². The molecule has 1 atom stereocenters. The second kappa shape index (κ2) is 8.22. The van der Waals surface area contributed by atoms with E-state index in [2.05, 4.69) is 10.4 Å². The van der Waals surface area contributed by atoms with Gasteiger partial charge < -0.3 is 5.32 Å². The van der Waals surface area contributed by atoms with Gasteiger partial charge in [0.15, 0.2) is 5.78 Å². The lowest BCUT2D eigenvalue weighted by Gasteiger charge is -2.16. The van der Waals surface area contributed by atoms with Gasteiger partial charge >= 0.3 is 0 Å². The van der Waals surface area contributed by atoms with Crippen LogP contribution in [-0.2, 0) is 4.79 Å². The van der Waals surface area contributed by atoms with E-state index >= 15 is 0 Å². The third-order valence-corrected chi connectivity index (χ3v) is 4.80. The zero-order valence-electron chi connectivity index (χ0n) is 16.9. The molecule has 1 N–H and O–H groups in total. The number of hydrogen-bond acceptors (Lipinski definition) is 4. The fraction of sp³-hybridized carbons (Fsp3) is 0.217. The van der Waals surface area contributed by atoms with Gasteiger partial charge in [0, 0.05) is 22.9 Å². The van der Waals surface area contributed by atoms with Crippen molar-refractivity contribution in [2.24, 2.45) is 0 Å². The van der Waals surface area contributed by atoms with Crippen molar-refractivity contribution in [3.8, 4) is 11.3 Å². The number of Topliss-reactive ketones (excluding diaryl/α,β-unsaturated/α-hetero) is 1. The Morgan fingerprint density at radius 1 is 1.00 bits per heavy atom. The molecule has 0 aliphatic carbocycles. The van der Waals surface area contributed by atoms with Gasteiger partial charge in [0.2, 0.25) is 5.91 Å². The summed E-state index contributed by atoms with van der Waals surface area (Å²) >= 11 is 0. The highest BCUT2D eigenvalue weighted by Gasteiger charge is 2.19. The lowest BCUT2D eigenvalue weighted by Crippen LogP contribution is -2.33. The highest BCUT2D eigenvalue weighted by molar-refractivity contribution is 5.96. The topological polar surface area (TPSA) is 81.1 Å². The Kier molecular flexibility index (Phi) is 5.73. The normalized spacial score (nSPS) is 11.7. The second-order valence-corrected chi connectivity index (χ2v) is 7.12. The number of amides is 1. The largest absolute Gasteiger partial charge is 0.324 e. The average Bonchev–Trinajstić information content (AvgIpc) is 2.70. The van der Waals surface area contributed by atoms with E-state index in [0.717, 1.165) is 16.7 Å². The van der Waals surface area contributed by atoms with Crippen LogP contribution in [0.15, 0.2) is 59.4 Å². The summed E-state index contributed by atoms with van der Waals surface area (Å²) in [5, 5.41) is 7.21. The molecule has 0 radical (unpaired) electrons. The maximum Gasteiger partial charge on any atom is 0.267 e. The van der Waals surface area contributed by atoms with Crippen LogP contribution in [0.1, 0.15) is 41.4 Å². The van der Waals surface area contributed by atoms with Gasteiger partial charge in [0.1, 0.15) is 6.04 Å². The molecule has 0 fully saturated rings. The van der Waals surface area contributed by atoms with Crippen LogP contribution in [0.5, 0.6) is 0 Å². The fourth-order valence-corrected chi connectivity index (χ4v) is 3.00. The molecular weight excluding hydrogens is 366 g/mol. The van der Waals surface area contributed by atoms with Gasteiger partial charge in [0.05, 0.1) is 5.69 Å². The lowest BCUT2D eigenvalue weighted by atomic mass is 10.0. The summed E-state index contributed by atoms with van der Waals surface area (Å²) in [7, 11) is 0. The van der Waals surface area contributed by atoms with Crippen molar-refractivity contribution in [1.82, 2.24) is 9.78 Å². The van der Waals surface area contributed by atoms with E-state index in [1.165, 1.54) is 17.7 Å². The molecule has 0 saturated carbocycles. The molecule has 29 heavy (non-hydrogen) atoms. The van der Waals surface area contributed by atoms with E-state index in [9.17, 15) is 14.4 Å². The van der Waals surface area contributed by atoms with Crippen molar-refractivity contribution < 1.29 is 9.59 Å². The predicted molar refractivity (Wildman–Crippen MR) is 113 cm³/mol. The molecule has 148 valence electrons. The minimum absolute atomic E-state index is 0.0461. The van der Waals surface area contributed by atoms with Crippen LogP contribution in [0.4, 0.5) is 5.69 Å². The van der Waals surface area contributed by atoms with Gasteiger partial charge in [-0.15, -0.1) is 0 Å². The molecule has 0 spiro atoms. The Balaban J connectivity index is 1.87. The number of rotatable bonds is 5. The highest BCUT2D eigenvalue weighted by atomic mass is 16.2. The molecule has 3 aromatic rings. The number of nitrogens with one attached hydrogen (secondary N) is 1. The van der Waals surface area contributed by atoms with Gasteiger partial charge in [-0.25, -0.2) is 4.68 Å². The Hall–Kier alpha value is -3.54. The van der Waals surface area contributed by atoms with E-state index in [0.29, 0.717) is 16.9 Å². The monoisotopic (exact) mass is 389 g/mol. The van der Waals surface area contributed by atoms with Crippen molar-refractivity contribution in [3.05, 3.63) is 81.6 Å². The number of carbonyl (C=O) groups excluding carboxylic acids is 2. The molecule has 1 amide bonds. The van der Waals surface area contributed by atoms with Crippen LogP contribution in [0, 0.1) is 13.8 Å². The van der Waals surface area contributed by atoms with E-state index in [4.69, 9.17) is 0 Å². The Bertz CT molecular complexity index is 1130. The standard InChI is InChI=1S/C23H23N3O3/c1-14-5-6-15(2)20(13-14)21-11-12-22(28)26(25-21)16(3)23(29)24-19-9-7-18(8-10-19)17(4)27/h5-13,16H,1-4H3,(H,24,29). The van der Waals surface area contributed by atoms with Crippen molar-refractivity contribution in [2.75, 3.05) is 5.32 Å². The van der Waals surface area contributed by atoms with Gasteiger partial charge in [-0.05, 0) is 69.7 Å². The van der Waals surface area contributed by atoms with Crippen molar-refractivity contribution >= 4 is 17.4 Å². The molecule has 3 rings (SSSR count). The number of aromatic nitrogens is 2. The molecule has 0 bridgehead atoms. The number of nitrogens with zero attached hydrogens (tertiary/aromatic N) is 2. The Morgan fingerprint density at radius 2 is 1.69 bits per heavy atom. The van der Waals surface area contributed by atoms with Crippen molar-refractivity contribution in [2.45, 2.75) is 33.7 Å². The maximum atomic E-state index is 12.7. The van der Waals surface area contributed by atoms with Crippen LogP contribution < -0.4 is 10.9 Å². The second-order valence-electron chi connectivity index (χ2n) is 7.12. The zero-order chi connectivity index (χ0) is 21.1. The van der Waals surface area contributed by atoms with Gasteiger partial charge in [-0.3, -0.25) is 14.4 Å². The third-order valence-electron chi connectivity index (χ3n) is 4.80. The van der Waals surface area contributed by atoms with Crippen LogP contribution in [0.25, 0.3) is 11.3 Å². The molecule has 1 heterocycles. The smallest absolute Gasteiger partial charge is 0.267 e. The van der Waals surface area contributed by atoms with Gasteiger partial charge in [0.25, 0.3) is 5.56 Å². The first-order valence-corrected chi connectivity index (χ1v) is 9.35. The minimum atomic E-state index is -0.806. The number of hydrogen-bond donors (Lipinski definition) is 1. The summed E-state index contributed by atoms with van der Waals surface area (Å²) in [6.45, 7) is 7.08. The molecule has 1 unspecified atom stereocenters. The molecular formula is C23H23N3O3. The quantitative estimate of drug-likeness (QED) is 0.671. The fourth-order valence-electron chi connectivity index (χ4n) is 3.00. The highest BCUT2D eigenvalue weighted by Crippen LogP contribution is 2.22. The molecule has 1 aromatic heterocycles. The minimum Gasteiger partial charge on any atom is -0.324 e. The summed E-state index contributed by atoms with van der Waals surface area (Å²) in [5.74, 6) is -0.413. The van der Waals surface area contributed by atoms with Crippen LogP contribution in [0.2, 0.25) is 0 Å². The SMILES string of the molecule is CC(=O)c1ccc(NC(=O)C(C)n2nc(-c3cc(C)ccc3C)ccc2=O)cc1. The summed E-state index contributed by atoms with van der Waals surface area (Å²) in [4.78, 5) is 36.4. The average molecular weight is 389 g/mol. The first-order chi connectivity index (χ1) is 13.8. The summed E-state index contributed by atoms with van der Waals surface area (Å²) in [6, 6.07) is 14.9. The zero-order valence-corrected chi connectivity index (χ0v) is 16.9. The lowest BCUT2D eigenvalue weighted by molar-refractivity contribution is -0.119. The van der Waals surface area contributed by atoms with Gasteiger partial charge in [-0.2, -0.15) is 5.10 Å². The summed E-state index contributed by atoms with van der Waals surface area (Å²) < 4.78 is 1.19. The maximum absolute atomic E-state index is 12.7. The van der Waals surface area contributed by atoms with E-state index < -0.39 is 6.04 Å².